The van der Waals surface area contributed by atoms with E-state index in [2.05, 4.69) is 4.98 Å². The molecule has 3 rings (SSSR count). The number of fused-ring (bicyclic) bond motifs is 1. The van der Waals surface area contributed by atoms with E-state index in [0.29, 0.717) is 21.9 Å². The third-order valence-corrected chi connectivity index (χ3v) is 3.08. The fourth-order valence-corrected chi connectivity index (χ4v) is 2.08. The molecule has 100 valence electrons. The van der Waals surface area contributed by atoms with E-state index in [1.54, 1.807) is 28.9 Å². The summed E-state index contributed by atoms with van der Waals surface area (Å²) in [5.41, 5.74) is 1.06. The molecule has 0 unspecified atom stereocenters. The number of nitro groups is 1. The summed E-state index contributed by atoms with van der Waals surface area (Å²) in [6.07, 6.45) is 3.35. The Balaban J connectivity index is 2.15. The van der Waals surface area contributed by atoms with Crippen LogP contribution in [-0.2, 0) is 0 Å². The molecule has 0 aliphatic rings. The minimum atomic E-state index is -0.870. The van der Waals surface area contributed by atoms with Gasteiger partial charge in [-0.2, -0.15) is 4.39 Å². The van der Waals surface area contributed by atoms with E-state index in [1.165, 1.54) is 12.1 Å². The van der Waals surface area contributed by atoms with E-state index in [1.807, 2.05) is 0 Å². The van der Waals surface area contributed by atoms with Crippen LogP contribution in [0.5, 0.6) is 0 Å². The van der Waals surface area contributed by atoms with Crippen LogP contribution in [0.25, 0.3) is 16.9 Å². The van der Waals surface area contributed by atoms with Crippen LogP contribution in [0.2, 0.25) is 5.02 Å². The largest absolute Gasteiger partial charge is 0.305 e. The number of hydrogen-bond acceptors (Lipinski definition) is 3. The van der Waals surface area contributed by atoms with Crippen LogP contribution >= 0.6 is 11.6 Å². The first-order valence-corrected chi connectivity index (χ1v) is 6.01. The number of hydrogen-bond donors (Lipinski definition) is 0. The Labute approximate surface area is 117 Å². The van der Waals surface area contributed by atoms with E-state index in [4.69, 9.17) is 11.6 Å². The Kier molecular flexibility index (Phi) is 2.87. The standard InChI is InChI=1S/C13H7ClFN3O2/c14-9-2-4-13-16-11(7-17(13)6-9)8-1-3-10(15)12(5-8)18(19)20/h1-7H. The monoisotopic (exact) mass is 291 g/mol. The van der Waals surface area contributed by atoms with Crippen molar-refractivity contribution in [1.82, 2.24) is 9.38 Å². The van der Waals surface area contributed by atoms with Crippen LogP contribution in [0.4, 0.5) is 10.1 Å². The van der Waals surface area contributed by atoms with Crippen molar-refractivity contribution < 1.29 is 9.31 Å². The van der Waals surface area contributed by atoms with Gasteiger partial charge in [-0.15, -0.1) is 0 Å². The van der Waals surface area contributed by atoms with Crippen molar-refractivity contribution in [2.24, 2.45) is 0 Å². The fourth-order valence-electron chi connectivity index (χ4n) is 1.92. The number of aromatic nitrogens is 2. The molecule has 5 nitrogen and oxygen atoms in total. The van der Waals surface area contributed by atoms with Gasteiger partial charge in [0.15, 0.2) is 0 Å². The SMILES string of the molecule is O=[N+]([O-])c1cc(-c2cn3cc(Cl)ccc3n2)ccc1F. The zero-order valence-corrected chi connectivity index (χ0v) is 10.7. The summed E-state index contributed by atoms with van der Waals surface area (Å²) in [5, 5.41) is 11.3. The van der Waals surface area contributed by atoms with Crippen LogP contribution in [0, 0.1) is 15.9 Å². The summed E-state index contributed by atoms with van der Waals surface area (Å²) >= 11 is 5.87. The highest BCUT2D eigenvalue weighted by molar-refractivity contribution is 6.30. The van der Waals surface area contributed by atoms with Crippen molar-refractivity contribution in [2.45, 2.75) is 0 Å². The minimum Gasteiger partial charge on any atom is -0.305 e. The molecule has 0 spiro atoms. The fraction of sp³-hybridized carbons (Fsp3) is 0. The summed E-state index contributed by atoms with van der Waals surface area (Å²) in [6, 6.07) is 7.10. The topological polar surface area (TPSA) is 60.4 Å². The van der Waals surface area contributed by atoms with Crippen LogP contribution in [0.1, 0.15) is 0 Å². The molecule has 0 atom stereocenters. The van der Waals surface area contributed by atoms with Gasteiger partial charge >= 0.3 is 5.69 Å². The van der Waals surface area contributed by atoms with Crippen LogP contribution < -0.4 is 0 Å². The molecule has 0 fully saturated rings. The first-order valence-electron chi connectivity index (χ1n) is 5.63. The summed E-state index contributed by atoms with van der Waals surface area (Å²) < 4.78 is 15.0. The lowest BCUT2D eigenvalue weighted by Crippen LogP contribution is -1.92. The average molecular weight is 292 g/mol. The molecule has 0 saturated carbocycles. The molecule has 0 aliphatic heterocycles. The third kappa shape index (κ3) is 2.10. The quantitative estimate of drug-likeness (QED) is 0.534. The maximum Gasteiger partial charge on any atom is 0.305 e. The van der Waals surface area contributed by atoms with Crippen LogP contribution in [0.3, 0.4) is 0 Å². The van der Waals surface area contributed by atoms with Crippen LogP contribution in [0.15, 0.2) is 42.7 Å². The third-order valence-electron chi connectivity index (χ3n) is 2.85. The molecule has 0 radical (unpaired) electrons. The summed E-state index contributed by atoms with van der Waals surface area (Å²) in [7, 11) is 0. The Hall–Kier alpha value is -2.47. The Bertz CT molecular complexity index is 832. The van der Waals surface area contributed by atoms with Gasteiger partial charge in [0, 0.05) is 24.0 Å². The second kappa shape index (κ2) is 4.57. The zero-order chi connectivity index (χ0) is 14.3. The average Bonchev–Trinajstić information content (AvgIpc) is 2.81. The molecule has 0 aliphatic carbocycles. The van der Waals surface area contributed by atoms with Crippen LogP contribution in [-0.4, -0.2) is 14.3 Å². The first-order chi connectivity index (χ1) is 9.54. The number of rotatable bonds is 2. The molecular formula is C13H7ClFN3O2. The highest BCUT2D eigenvalue weighted by Gasteiger charge is 2.16. The second-order valence-corrected chi connectivity index (χ2v) is 4.60. The van der Waals surface area contributed by atoms with E-state index in [9.17, 15) is 14.5 Å². The van der Waals surface area contributed by atoms with Gasteiger partial charge in [-0.25, -0.2) is 4.98 Å². The summed E-state index contributed by atoms with van der Waals surface area (Å²) in [5.74, 6) is -0.870. The lowest BCUT2D eigenvalue weighted by Gasteiger charge is -1.97. The minimum absolute atomic E-state index is 0.470. The molecule has 2 aromatic heterocycles. The molecule has 3 aromatic rings. The summed E-state index contributed by atoms with van der Waals surface area (Å²) in [6.45, 7) is 0. The second-order valence-electron chi connectivity index (χ2n) is 4.16. The predicted molar refractivity (Wildman–Crippen MR) is 72.3 cm³/mol. The number of nitrogens with zero attached hydrogens (tertiary/aromatic N) is 3. The van der Waals surface area contributed by atoms with Gasteiger partial charge in [-0.3, -0.25) is 10.1 Å². The van der Waals surface area contributed by atoms with Crippen molar-refractivity contribution in [3.63, 3.8) is 0 Å². The lowest BCUT2D eigenvalue weighted by atomic mass is 10.1. The van der Waals surface area contributed by atoms with Crippen molar-refractivity contribution >= 4 is 22.9 Å². The molecule has 0 N–H and O–H groups in total. The molecule has 20 heavy (non-hydrogen) atoms. The van der Waals surface area contributed by atoms with E-state index < -0.39 is 16.4 Å². The maximum atomic E-state index is 13.3. The lowest BCUT2D eigenvalue weighted by molar-refractivity contribution is -0.387. The molecule has 0 saturated heterocycles. The van der Waals surface area contributed by atoms with Gasteiger partial charge in [0.05, 0.1) is 15.6 Å². The highest BCUT2D eigenvalue weighted by Crippen LogP contribution is 2.26. The smallest absolute Gasteiger partial charge is 0.305 e. The Morgan fingerprint density at radius 1 is 1.25 bits per heavy atom. The Morgan fingerprint density at radius 3 is 2.80 bits per heavy atom. The van der Waals surface area contributed by atoms with E-state index in [-0.39, 0.29) is 0 Å². The molecular weight excluding hydrogens is 285 g/mol. The van der Waals surface area contributed by atoms with Gasteiger partial charge in [0.1, 0.15) is 5.65 Å². The first kappa shape index (κ1) is 12.6. The van der Waals surface area contributed by atoms with Crippen molar-refractivity contribution in [3.8, 4) is 11.3 Å². The summed E-state index contributed by atoms with van der Waals surface area (Å²) in [4.78, 5) is 14.3. The van der Waals surface area contributed by atoms with Gasteiger partial charge < -0.3 is 4.40 Å². The molecule has 2 heterocycles. The highest BCUT2D eigenvalue weighted by atomic mass is 35.5. The van der Waals surface area contributed by atoms with Gasteiger partial charge in [-0.05, 0) is 24.3 Å². The Morgan fingerprint density at radius 2 is 2.05 bits per heavy atom. The van der Waals surface area contributed by atoms with E-state index >= 15 is 0 Å². The molecule has 0 amide bonds. The number of imidazole rings is 1. The van der Waals surface area contributed by atoms with Crippen molar-refractivity contribution in [1.29, 1.82) is 0 Å². The maximum absolute atomic E-state index is 13.3. The van der Waals surface area contributed by atoms with E-state index in [0.717, 1.165) is 6.07 Å². The molecule has 0 bridgehead atoms. The predicted octanol–water partition coefficient (Wildman–Crippen LogP) is 3.70. The normalized spacial score (nSPS) is 10.9. The van der Waals surface area contributed by atoms with Crippen molar-refractivity contribution in [2.75, 3.05) is 0 Å². The van der Waals surface area contributed by atoms with Gasteiger partial charge in [-0.1, -0.05) is 11.6 Å². The number of benzene rings is 1. The zero-order valence-electron chi connectivity index (χ0n) is 9.96. The number of nitro benzene ring substituents is 1. The molecule has 1 aromatic carbocycles. The number of pyridine rings is 1. The van der Waals surface area contributed by atoms with Crippen molar-refractivity contribution in [3.05, 3.63) is 63.7 Å². The van der Waals surface area contributed by atoms with Gasteiger partial charge in [0.2, 0.25) is 5.82 Å². The number of halogens is 2. The van der Waals surface area contributed by atoms with Gasteiger partial charge in [0.25, 0.3) is 0 Å². The molecule has 7 heteroatoms.